The minimum Gasteiger partial charge on any atom is -0.394 e. The number of carbonyl (C=O) groups excluding carboxylic acids is 3. The second kappa shape index (κ2) is 14.1. The molecule has 2 bridgehead atoms. The van der Waals surface area contributed by atoms with Crippen LogP contribution >= 0.6 is 15.9 Å². The first-order valence-electron chi connectivity index (χ1n) is 16.1. The fraction of sp³-hybridized carbons (Fsp3) is 0.472. The Bertz CT molecular complexity index is 1430. The van der Waals surface area contributed by atoms with E-state index in [2.05, 4.69) is 47.8 Å². The van der Waals surface area contributed by atoms with E-state index in [0.29, 0.717) is 25.1 Å². The van der Waals surface area contributed by atoms with Gasteiger partial charge in [-0.1, -0.05) is 58.4 Å². The van der Waals surface area contributed by atoms with Crippen molar-refractivity contribution in [2.75, 3.05) is 49.6 Å². The lowest BCUT2D eigenvalue weighted by Crippen LogP contribution is -2.59. The van der Waals surface area contributed by atoms with Gasteiger partial charge in [0.15, 0.2) is 0 Å². The number of alkyl halides is 1. The van der Waals surface area contributed by atoms with Gasteiger partial charge in [-0.2, -0.15) is 0 Å². The van der Waals surface area contributed by atoms with Gasteiger partial charge < -0.3 is 29.4 Å². The third kappa shape index (κ3) is 5.80. The van der Waals surface area contributed by atoms with Crippen LogP contribution in [0.25, 0.3) is 0 Å². The number of fused-ring (bicyclic) bond motifs is 1. The van der Waals surface area contributed by atoms with E-state index >= 15 is 4.79 Å². The summed E-state index contributed by atoms with van der Waals surface area (Å²) in [6.45, 7) is 13.8. The van der Waals surface area contributed by atoms with Gasteiger partial charge in [0.05, 0.1) is 30.6 Å². The monoisotopic (exact) mass is 692 g/mol. The quantitative estimate of drug-likeness (QED) is 0.237. The first-order chi connectivity index (χ1) is 22.2. The summed E-state index contributed by atoms with van der Waals surface area (Å²) in [7, 11) is 1.69. The smallest absolute Gasteiger partial charge is 0.253 e. The Balaban J connectivity index is 1.60. The molecule has 0 aromatic heterocycles. The second-order valence-electron chi connectivity index (χ2n) is 12.4. The lowest BCUT2D eigenvalue weighted by atomic mass is 9.70. The highest BCUT2D eigenvalue weighted by molar-refractivity contribution is 9.09. The molecule has 3 amide bonds. The summed E-state index contributed by atoms with van der Waals surface area (Å²) in [5.41, 5.74) is 1.38. The van der Waals surface area contributed by atoms with Gasteiger partial charge in [-0.3, -0.25) is 14.4 Å². The number of amides is 3. The van der Waals surface area contributed by atoms with Crippen LogP contribution in [0.1, 0.15) is 25.8 Å². The average molecular weight is 694 g/mol. The van der Waals surface area contributed by atoms with E-state index in [1.165, 1.54) is 4.90 Å². The van der Waals surface area contributed by atoms with Crippen LogP contribution in [0.5, 0.6) is 0 Å². The van der Waals surface area contributed by atoms with E-state index < -0.39 is 35.6 Å². The number of aliphatic hydroxyl groups excluding tert-OH is 1. The van der Waals surface area contributed by atoms with Gasteiger partial charge in [0, 0.05) is 49.4 Å². The number of hydrogen-bond donors (Lipinski definition) is 1. The Morgan fingerprint density at radius 2 is 1.67 bits per heavy atom. The molecular formula is C36H45BrN4O5. The molecule has 1 N–H and O–H groups in total. The van der Waals surface area contributed by atoms with Crippen LogP contribution in [0.4, 0.5) is 11.4 Å². The summed E-state index contributed by atoms with van der Waals surface area (Å²) in [6, 6.07) is 15.6. The largest absolute Gasteiger partial charge is 0.394 e. The third-order valence-corrected chi connectivity index (χ3v) is 10.7. The van der Waals surface area contributed by atoms with E-state index in [1.54, 1.807) is 29.0 Å². The van der Waals surface area contributed by atoms with Gasteiger partial charge >= 0.3 is 0 Å². The molecule has 0 aliphatic carbocycles. The predicted molar refractivity (Wildman–Crippen MR) is 184 cm³/mol. The van der Waals surface area contributed by atoms with Crippen molar-refractivity contribution in [3.05, 3.63) is 85.5 Å². The normalized spacial score (nSPS) is 26.8. The van der Waals surface area contributed by atoms with Crippen molar-refractivity contribution in [1.82, 2.24) is 9.80 Å². The Hall–Kier alpha value is -3.47. The van der Waals surface area contributed by atoms with Crippen LogP contribution in [0.3, 0.4) is 0 Å². The molecule has 7 atom stereocenters. The molecule has 2 aromatic carbocycles. The maximum atomic E-state index is 15.0. The SMILES string of the molecule is C=CCN(C)C(=O)[C@H]1[C@@H]2OC3(CC2Br)C(C(=O)N(CC=C)c2ccc(N(CC)CC)cc2)N([C@@H](CO)Cc2ccccc2)C(=O)[C@H]13. The first-order valence-corrected chi connectivity index (χ1v) is 17.0. The fourth-order valence-electron chi connectivity index (χ4n) is 7.73. The van der Waals surface area contributed by atoms with Crippen molar-refractivity contribution in [2.45, 2.75) is 55.3 Å². The Morgan fingerprint density at radius 1 is 1.04 bits per heavy atom. The second-order valence-corrected chi connectivity index (χ2v) is 13.5. The number of halogens is 1. The lowest BCUT2D eigenvalue weighted by Gasteiger charge is -2.39. The fourth-order valence-corrected chi connectivity index (χ4v) is 8.67. The van der Waals surface area contributed by atoms with Crippen LogP contribution < -0.4 is 9.80 Å². The summed E-state index contributed by atoms with van der Waals surface area (Å²) in [5.74, 6) is -2.55. The number of anilines is 2. The highest BCUT2D eigenvalue weighted by atomic mass is 79.9. The summed E-state index contributed by atoms with van der Waals surface area (Å²) < 4.78 is 6.74. The standard InChI is InChI=1S/C36H45BrN4O5/c1-6-19-38(5)33(43)29-30-34(44)41(27(23-42)21-24-13-11-10-12-14-24)32(36(30)22-28(37)31(29)46-36)35(45)40(20-7-2)26-17-15-25(16-18-26)39(8-3)9-4/h6-7,10-18,27-32,42H,1-2,8-9,19-23H2,3-5H3/t27-,28?,29-,30+,31-,32?,36?/m1/s1. The number of carbonyl (C=O) groups is 3. The maximum Gasteiger partial charge on any atom is 0.253 e. The number of ether oxygens (including phenoxy) is 1. The van der Waals surface area contributed by atoms with Gasteiger partial charge in [-0.05, 0) is 56.5 Å². The van der Waals surface area contributed by atoms with Crippen LogP contribution in [-0.4, -0.2) is 101 Å². The van der Waals surface area contributed by atoms with E-state index in [1.807, 2.05) is 54.6 Å². The molecule has 9 nitrogen and oxygen atoms in total. The van der Waals surface area contributed by atoms with Crippen molar-refractivity contribution >= 4 is 45.0 Å². The summed E-state index contributed by atoms with van der Waals surface area (Å²) in [4.78, 5) is 50.4. The molecule has 3 aliphatic rings. The van der Waals surface area contributed by atoms with Crippen molar-refractivity contribution in [3.8, 4) is 0 Å². The molecule has 0 saturated carbocycles. The summed E-state index contributed by atoms with van der Waals surface area (Å²) in [6.07, 6.45) is 3.45. The minimum atomic E-state index is -1.26. The molecule has 3 unspecified atom stereocenters. The van der Waals surface area contributed by atoms with Gasteiger partial charge in [0.2, 0.25) is 11.8 Å². The van der Waals surface area contributed by atoms with E-state index in [9.17, 15) is 14.7 Å². The number of hydrogen-bond acceptors (Lipinski definition) is 6. The maximum absolute atomic E-state index is 15.0. The number of benzene rings is 2. The zero-order chi connectivity index (χ0) is 33.2. The first kappa shape index (κ1) is 33.9. The van der Waals surface area contributed by atoms with E-state index in [-0.39, 0.29) is 35.7 Å². The van der Waals surface area contributed by atoms with E-state index in [0.717, 1.165) is 24.3 Å². The zero-order valence-electron chi connectivity index (χ0n) is 26.9. The van der Waals surface area contributed by atoms with Crippen LogP contribution in [0, 0.1) is 11.8 Å². The Morgan fingerprint density at radius 3 is 2.26 bits per heavy atom. The van der Waals surface area contributed by atoms with Gasteiger partial charge in [-0.15, -0.1) is 13.2 Å². The van der Waals surface area contributed by atoms with Gasteiger partial charge in [0.25, 0.3) is 5.91 Å². The molecule has 3 heterocycles. The molecular weight excluding hydrogens is 648 g/mol. The molecule has 1 spiro atoms. The molecule has 2 aromatic rings. The Kier molecular flexibility index (Phi) is 10.4. The van der Waals surface area contributed by atoms with Crippen LogP contribution in [-0.2, 0) is 25.5 Å². The lowest BCUT2D eigenvalue weighted by molar-refractivity contribution is -0.146. The number of rotatable bonds is 14. The highest BCUT2D eigenvalue weighted by Gasteiger charge is 2.77. The Labute approximate surface area is 280 Å². The molecule has 3 fully saturated rings. The molecule has 46 heavy (non-hydrogen) atoms. The van der Waals surface area contributed by atoms with Crippen LogP contribution in [0.2, 0.25) is 0 Å². The molecule has 0 radical (unpaired) electrons. The summed E-state index contributed by atoms with van der Waals surface area (Å²) >= 11 is 3.75. The van der Waals surface area contributed by atoms with Gasteiger partial charge in [-0.25, -0.2) is 0 Å². The molecule has 10 heteroatoms. The summed E-state index contributed by atoms with van der Waals surface area (Å²) in [5, 5.41) is 10.8. The molecule has 246 valence electrons. The topological polar surface area (TPSA) is 93.6 Å². The van der Waals surface area contributed by atoms with Crippen molar-refractivity contribution < 1.29 is 24.2 Å². The number of likely N-dealkylation sites (N-methyl/N-ethyl adjacent to an activating group) is 1. The van der Waals surface area contributed by atoms with Crippen molar-refractivity contribution in [2.24, 2.45) is 11.8 Å². The van der Waals surface area contributed by atoms with Crippen molar-refractivity contribution in [1.29, 1.82) is 0 Å². The third-order valence-electron chi connectivity index (χ3n) is 9.81. The zero-order valence-corrected chi connectivity index (χ0v) is 28.5. The van der Waals surface area contributed by atoms with Crippen molar-refractivity contribution in [3.63, 3.8) is 0 Å². The molecule has 5 rings (SSSR count). The van der Waals surface area contributed by atoms with Gasteiger partial charge in [0.1, 0.15) is 11.6 Å². The number of aliphatic hydroxyl groups is 1. The average Bonchev–Trinajstić information content (AvgIpc) is 3.66. The van der Waals surface area contributed by atoms with Crippen LogP contribution in [0.15, 0.2) is 79.9 Å². The molecule has 3 saturated heterocycles. The number of likely N-dealkylation sites (tertiary alicyclic amines) is 1. The number of nitrogens with zero attached hydrogens (tertiary/aromatic N) is 4. The molecule has 3 aliphatic heterocycles. The highest BCUT2D eigenvalue weighted by Crippen LogP contribution is 2.61. The minimum absolute atomic E-state index is 0.205. The van der Waals surface area contributed by atoms with E-state index in [4.69, 9.17) is 4.74 Å². The predicted octanol–water partition coefficient (Wildman–Crippen LogP) is 4.05.